The number of carbonyl (C=O) groups excluding carboxylic acids is 3. The van der Waals surface area contributed by atoms with Gasteiger partial charge >= 0.3 is 17.9 Å². The third kappa shape index (κ3) is 3.35. The third-order valence-electron chi connectivity index (χ3n) is 8.06. The highest BCUT2D eigenvalue weighted by Crippen LogP contribution is 2.66. The van der Waals surface area contributed by atoms with Gasteiger partial charge in [0, 0.05) is 24.8 Å². The van der Waals surface area contributed by atoms with Crippen molar-refractivity contribution >= 4 is 17.9 Å². The molecule has 4 rings (SSSR count). The highest BCUT2D eigenvalue weighted by molar-refractivity contribution is 5.76. The fourth-order valence-corrected chi connectivity index (χ4v) is 6.74. The number of furan rings is 1. The lowest BCUT2D eigenvalue weighted by Gasteiger charge is -2.63. The molecule has 0 aromatic carbocycles. The van der Waals surface area contributed by atoms with Gasteiger partial charge in [0.2, 0.25) is 0 Å². The van der Waals surface area contributed by atoms with Gasteiger partial charge in [-0.2, -0.15) is 0 Å². The molecular formula is C23H30O8. The summed E-state index contributed by atoms with van der Waals surface area (Å²) in [7, 11) is 1.34. The van der Waals surface area contributed by atoms with Crippen molar-refractivity contribution in [2.75, 3.05) is 7.11 Å². The Hall–Kier alpha value is -2.35. The molecule has 0 bridgehead atoms. The monoisotopic (exact) mass is 434 g/mol. The normalized spacial score (nSPS) is 42.0. The van der Waals surface area contributed by atoms with Crippen molar-refractivity contribution in [2.45, 2.75) is 64.8 Å². The van der Waals surface area contributed by atoms with E-state index >= 15 is 0 Å². The molecule has 8 atom stereocenters. The van der Waals surface area contributed by atoms with Crippen LogP contribution in [0.1, 0.15) is 58.1 Å². The number of aliphatic hydroxyl groups is 1. The number of methoxy groups -OCH3 is 1. The maximum absolute atomic E-state index is 13.0. The van der Waals surface area contributed by atoms with Crippen molar-refractivity contribution in [3.8, 4) is 0 Å². The van der Waals surface area contributed by atoms with Crippen LogP contribution in [-0.4, -0.2) is 42.3 Å². The van der Waals surface area contributed by atoms with Crippen molar-refractivity contribution < 1.29 is 38.1 Å². The summed E-state index contributed by atoms with van der Waals surface area (Å²) < 4.78 is 21.5. The molecule has 2 unspecified atom stereocenters. The molecule has 0 spiro atoms. The smallest absolute Gasteiger partial charge is 0.310 e. The Morgan fingerprint density at radius 3 is 2.61 bits per heavy atom. The van der Waals surface area contributed by atoms with Crippen LogP contribution in [0.3, 0.4) is 0 Å². The van der Waals surface area contributed by atoms with Gasteiger partial charge in [0.05, 0.1) is 37.6 Å². The van der Waals surface area contributed by atoms with Crippen molar-refractivity contribution in [1.82, 2.24) is 0 Å². The second kappa shape index (κ2) is 7.65. The molecule has 1 N–H and O–H groups in total. The molecule has 1 saturated heterocycles. The lowest BCUT2D eigenvalue weighted by molar-refractivity contribution is -0.240. The molecule has 170 valence electrons. The van der Waals surface area contributed by atoms with Gasteiger partial charge in [0.15, 0.2) is 0 Å². The number of cyclic esters (lactones) is 1. The van der Waals surface area contributed by atoms with Crippen LogP contribution >= 0.6 is 0 Å². The maximum atomic E-state index is 13.0. The average Bonchev–Trinajstić information content (AvgIpc) is 3.23. The van der Waals surface area contributed by atoms with Crippen molar-refractivity contribution in [2.24, 2.45) is 28.6 Å². The maximum Gasteiger partial charge on any atom is 0.310 e. The fourth-order valence-electron chi connectivity index (χ4n) is 6.74. The Kier molecular flexibility index (Phi) is 5.40. The molecule has 8 nitrogen and oxygen atoms in total. The quantitative estimate of drug-likeness (QED) is 0.571. The number of carbonyl (C=O) groups is 3. The average molecular weight is 434 g/mol. The lowest BCUT2D eigenvalue weighted by atomic mass is 9.42. The van der Waals surface area contributed by atoms with Crippen LogP contribution < -0.4 is 0 Å². The van der Waals surface area contributed by atoms with Gasteiger partial charge in [-0.15, -0.1) is 0 Å². The predicted molar refractivity (Wildman–Crippen MR) is 106 cm³/mol. The first-order chi connectivity index (χ1) is 14.6. The van der Waals surface area contributed by atoms with E-state index in [1.165, 1.54) is 20.3 Å². The van der Waals surface area contributed by atoms with Crippen LogP contribution in [-0.2, 0) is 28.6 Å². The van der Waals surface area contributed by atoms with E-state index in [1.807, 2.05) is 13.8 Å². The van der Waals surface area contributed by atoms with Crippen molar-refractivity contribution in [1.29, 1.82) is 0 Å². The summed E-state index contributed by atoms with van der Waals surface area (Å²) in [5.41, 5.74) is -0.534. The highest BCUT2D eigenvalue weighted by Gasteiger charge is 2.67. The van der Waals surface area contributed by atoms with E-state index in [0.29, 0.717) is 19.3 Å². The number of hydrogen-bond acceptors (Lipinski definition) is 8. The molecule has 3 fully saturated rings. The zero-order valence-electron chi connectivity index (χ0n) is 18.3. The molecule has 2 heterocycles. The number of fused-ring (bicyclic) bond motifs is 3. The molecule has 3 aliphatic rings. The van der Waals surface area contributed by atoms with Gasteiger partial charge < -0.3 is 23.7 Å². The second-order valence-electron chi connectivity index (χ2n) is 9.72. The van der Waals surface area contributed by atoms with Gasteiger partial charge in [-0.3, -0.25) is 14.4 Å². The molecule has 31 heavy (non-hydrogen) atoms. The molecule has 2 aliphatic carbocycles. The first-order valence-corrected chi connectivity index (χ1v) is 10.8. The number of aliphatic hydroxyl groups excluding tert-OH is 1. The number of hydrogen-bond donors (Lipinski definition) is 1. The summed E-state index contributed by atoms with van der Waals surface area (Å²) in [6.45, 7) is 5.26. The van der Waals surface area contributed by atoms with Crippen molar-refractivity contribution in [3.63, 3.8) is 0 Å². The van der Waals surface area contributed by atoms with Gasteiger partial charge in [-0.1, -0.05) is 13.8 Å². The van der Waals surface area contributed by atoms with Crippen LogP contribution in [0.25, 0.3) is 0 Å². The summed E-state index contributed by atoms with van der Waals surface area (Å²) in [5.74, 6) is -2.66. The number of ether oxygens (including phenoxy) is 3. The van der Waals surface area contributed by atoms with Crippen LogP contribution in [0.4, 0.5) is 0 Å². The van der Waals surface area contributed by atoms with Gasteiger partial charge in [-0.05, 0) is 36.2 Å². The zero-order valence-corrected chi connectivity index (χ0v) is 18.3. The largest absolute Gasteiger partial charge is 0.472 e. The molecule has 0 amide bonds. The van der Waals surface area contributed by atoms with Crippen LogP contribution in [0, 0.1) is 28.6 Å². The fraction of sp³-hybridized carbons (Fsp3) is 0.696. The standard InChI is InChI=1S/C23H30O8/c1-12(24)30-16-9-15(20(26)28-4)22(2)7-5-14-21(27)31-17(13-6-8-29-11-13)10-23(14,3)19(22)18(16)25/h6,8,11,14-19,25H,5,7,9-10H2,1-4H3/t14-,15?,16-,17-,18-,19?,22-,23-/m0/s1. The lowest BCUT2D eigenvalue weighted by Crippen LogP contribution is -2.66. The van der Waals surface area contributed by atoms with Crippen LogP contribution in [0.5, 0.6) is 0 Å². The van der Waals surface area contributed by atoms with E-state index in [1.54, 1.807) is 12.3 Å². The summed E-state index contributed by atoms with van der Waals surface area (Å²) in [6, 6.07) is 1.76. The van der Waals surface area contributed by atoms with E-state index in [2.05, 4.69) is 0 Å². The minimum atomic E-state index is -1.02. The highest BCUT2D eigenvalue weighted by atomic mass is 16.6. The van der Waals surface area contributed by atoms with E-state index in [9.17, 15) is 19.5 Å². The predicted octanol–water partition coefficient (Wildman–Crippen LogP) is 2.79. The summed E-state index contributed by atoms with van der Waals surface area (Å²) in [4.78, 5) is 37.6. The Labute approximate surface area is 181 Å². The summed E-state index contributed by atoms with van der Waals surface area (Å²) >= 11 is 0. The number of esters is 3. The van der Waals surface area contributed by atoms with E-state index in [-0.39, 0.29) is 18.4 Å². The first-order valence-electron chi connectivity index (χ1n) is 10.8. The molecule has 8 heteroatoms. The minimum Gasteiger partial charge on any atom is -0.472 e. The Bertz CT molecular complexity index is 863. The Morgan fingerprint density at radius 1 is 1.26 bits per heavy atom. The zero-order chi connectivity index (χ0) is 22.6. The Balaban J connectivity index is 1.78. The Morgan fingerprint density at radius 2 is 2.00 bits per heavy atom. The van der Waals surface area contributed by atoms with Gasteiger partial charge in [0.1, 0.15) is 12.2 Å². The SMILES string of the molecule is COC(=O)C1C[C@H](OC(C)=O)[C@H](O)C2[C@@]1(C)CC[C@H]1C(=O)O[C@H](c3ccoc3)C[C@]21C. The molecule has 2 saturated carbocycles. The van der Waals surface area contributed by atoms with Crippen molar-refractivity contribution in [3.05, 3.63) is 24.2 Å². The van der Waals surface area contributed by atoms with E-state index in [4.69, 9.17) is 18.6 Å². The van der Waals surface area contributed by atoms with E-state index in [0.717, 1.165) is 5.56 Å². The van der Waals surface area contributed by atoms with Gasteiger partial charge in [-0.25, -0.2) is 0 Å². The molecule has 1 aromatic rings. The summed E-state index contributed by atoms with van der Waals surface area (Å²) in [5, 5.41) is 11.5. The molecule has 1 aliphatic heterocycles. The first kappa shape index (κ1) is 21.9. The second-order valence-corrected chi connectivity index (χ2v) is 9.72. The van der Waals surface area contributed by atoms with Gasteiger partial charge in [0.25, 0.3) is 0 Å². The molecular weight excluding hydrogens is 404 g/mol. The van der Waals surface area contributed by atoms with Crippen LogP contribution in [0.15, 0.2) is 23.0 Å². The number of rotatable bonds is 3. The summed E-state index contributed by atoms with van der Waals surface area (Å²) in [6.07, 6.45) is 2.50. The van der Waals surface area contributed by atoms with Crippen LogP contribution in [0.2, 0.25) is 0 Å². The van der Waals surface area contributed by atoms with E-state index < -0.39 is 52.9 Å². The third-order valence-corrected chi connectivity index (χ3v) is 8.06. The topological polar surface area (TPSA) is 112 Å². The minimum absolute atomic E-state index is 0.191. The molecule has 1 aromatic heterocycles. The molecule has 0 radical (unpaired) electrons.